The summed E-state index contributed by atoms with van der Waals surface area (Å²) in [5.41, 5.74) is 2.44. The minimum Gasteiger partial charge on any atom is -0.493 e. The molecule has 0 saturated heterocycles. The van der Waals surface area contributed by atoms with Crippen LogP contribution in [0.1, 0.15) is 5.56 Å². The second-order valence-electron chi connectivity index (χ2n) is 3.10. The van der Waals surface area contributed by atoms with E-state index in [4.69, 9.17) is 0 Å². The third kappa shape index (κ3) is 1.71. The molecule has 0 saturated carbocycles. The van der Waals surface area contributed by atoms with Crippen molar-refractivity contribution in [1.29, 1.82) is 0 Å². The number of nitrogens with zero attached hydrogens (tertiary/aromatic N) is 2. The molecular weight excluding hydrogens is 176 g/mol. The summed E-state index contributed by atoms with van der Waals surface area (Å²) in [6.07, 6.45) is 1.70. The molecule has 14 heavy (non-hydrogen) atoms. The fourth-order valence-electron chi connectivity index (χ4n) is 1.29. The van der Waals surface area contributed by atoms with Gasteiger partial charge in [0.25, 0.3) is 0 Å². The lowest BCUT2D eigenvalue weighted by Gasteiger charge is -2.01. The van der Waals surface area contributed by atoms with Crippen molar-refractivity contribution >= 4 is 0 Å². The molecule has 70 valence electrons. The van der Waals surface area contributed by atoms with Crippen LogP contribution in [0.2, 0.25) is 0 Å². The first-order chi connectivity index (χ1) is 6.75. The van der Waals surface area contributed by atoms with Crippen molar-refractivity contribution in [2.75, 3.05) is 0 Å². The zero-order valence-electron chi connectivity index (χ0n) is 7.81. The predicted octanol–water partition coefficient (Wildman–Crippen LogP) is 2.16. The zero-order valence-corrected chi connectivity index (χ0v) is 7.81. The van der Waals surface area contributed by atoms with Crippen LogP contribution in [0.4, 0.5) is 0 Å². The van der Waals surface area contributed by atoms with Gasteiger partial charge in [-0.1, -0.05) is 6.07 Å². The summed E-state index contributed by atoms with van der Waals surface area (Å²) in [5.74, 6) is 0.0330. The summed E-state index contributed by atoms with van der Waals surface area (Å²) in [4.78, 5) is 8.15. The van der Waals surface area contributed by atoms with Crippen molar-refractivity contribution in [2.45, 2.75) is 6.92 Å². The van der Waals surface area contributed by atoms with Gasteiger partial charge in [-0.3, -0.25) is 4.98 Å². The molecule has 0 amide bonds. The molecule has 0 aromatic carbocycles. The predicted molar refractivity (Wildman–Crippen MR) is 53.9 cm³/mol. The number of aromatic hydroxyl groups is 1. The van der Waals surface area contributed by atoms with Crippen LogP contribution in [0.5, 0.6) is 5.88 Å². The van der Waals surface area contributed by atoms with Crippen LogP contribution in [0.15, 0.2) is 36.5 Å². The van der Waals surface area contributed by atoms with Crippen molar-refractivity contribution in [3.63, 3.8) is 0 Å². The Bertz CT molecular complexity index is 420. The fourth-order valence-corrected chi connectivity index (χ4v) is 1.29. The lowest BCUT2D eigenvalue weighted by molar-refractivity contribution is 0.453. The Morgan fingerprint density at radius 2 is 2.00 bits per heavy atom. The normalized spacial score (nSPS) is 10.1. The highest BCUT2D eigenvalue weighted by Crippen LogP contribution is 2.18. The van der Waals surface area contributed by atoms with Gasteiger partial charge in [0.1, 0.15) is 0 Å². The Balaban J connectivity index is 2.52. The van der Waals surface area contributed by atoms with Gasteiger partial charge in [-0.05, 0) is 30.7 Å². The monoisotopic (exact) mass is 186 g/mol. The SMILES string of the molecule is Cc1cc(O)nc(-c2ccccn2)c1. The molecule has 3 nitrogen and oxygen atoms in total. The lowest BCUT2D eigenvalue weighted by atomic mass is 10.2. The van der Waals surface area contributed by atoms with Gasteiger partial charge < -0.3 is 5.11 Å². The van der Waals surface area contributed by atoms with Gasteiger partial charge in [0.15, 0.2) is 0 Å². The summed E-state index contributed by atoms with van der Waals surface area (Å²) in [6.45, 7) is 1.91. The second-order valence-corrected chi connectivity index (χ2v) is 3.10. The first-order valence-corrected chi connectivity index (χ1v) is 4.35. The molecule has 2 aromatic rings. The summed E-state index contributed by atoms with van der Waals surface area (Å²) < 4.78 is 0. The number of hydrogen-bond acceptors (Lipinski definition) is 3. The quantitative estimate of drug-likeness (QED) is 0.742. The van der Waals surface area contributed by atoms with Crippen LogP contribution in [0.3, 0.4) is 0 Å². The molecule has 0 fully saturated rings. The van der Waals surface area contributed by atoms with Crippen LogP contribution < -0.4 is 0 Å². The summed E-state index contributed by atoms with van der Waals surface area (Å²) in [5, 5.41) is 9.32. The van der Waals surface area contributed by atoms with Crippen molar-refractivity contribution in [3.05, 3.63) is 42.1 Å². The first kappa shape index (κ1) is 8.69. The Hall–Kier alpha value is -1.90. The fraction of sp³-hybridized carbons (Fsp3) is 0.0909. The van der Waals surface area contributed by atoms with Crippen LogP contribution in [0.25, 0.3) is 11.4 Å². The molecule has 0 bridgehead atoms. The highest BCUT2D eigenvalue weighted by molar-refractivity contribution is 5.55. The van der Waals surface area contributed by atoms with Crippen molar-refractivity contribution in [3.8, 4) is 17.3 Å². The molecule has 0 unspecified atom stereocenters. The van der Waals surface area contributed by atoms with Crippen LogP contribution in [-0.2, 0) is 0 Å². The minimum absolute atomic E-state index is 0.0330. The molecule has 0 atom stereocenters. The van der Waals surface area contributed by atoms with Crippen molar-refractivity contribution < 1.29 is 5.11 Å². The van der Waals surface area contributed by atoms with E-state index in [1.165, 1.54) is 0 Å². The van der Waals surface area contributed by atoms with E-state index >= 15 is 0 Å². The number of aromatic nitrogens is 2. The van der Waals surface area contributed by atoms with Gasteiger partial charge >= 0.3 is 0 Å². The average Bonchev–Trinajstić information content (AvgIpc) is 2.18. The van der Waals surface area contributed by atoms with Gasteiger partial charge in [0.05, 0.1) is 11.4 Å². The standard InChI is InChI=1S/C11H10N2O/c1-8-6-10(13-11(14)7-8)9-4-2-3-5-12-9/h2-7H,1H3,(H,13,14). The highest BCUT2D eigenvalue weighted by atomic mass is 16.3. The maximum absolute atomic E-state index is 9.32. The number of hydrogen-bond donors (Lipinski definition) is 1. The second kappa shape index (κ2) is 3.46. The van der Waals surface area contributed by atoms with E-state index in [0.29, 0.717) is 5.69 Å². The zero-order chi connectivity index (χ0) is 9.97. The maximum Gasteiger partial charge on any atom is 0.211 e. The average molecular weight is 186 g/mol. The molecule has 0 radical (unpaired) electrons. The molecule has 2 rings (SSSR count). The van der Waals surface area contributed by atoms with Gasteiger partial charge in [-0.2, -0.15) is 0 Å². The third-order valence-corrected chi connectivity index (χ3v) is 1.88. The summed E-state index contributed by atoms with van der Waals surface area (Å²) in [6, 6.07) is 9.11. The van der Waals surface area contributed by atoms with E-state index < -0.39 is 0 Å². The van der Waals surface area contributed by atoms with E-state index in [0.717, 1.165) is 11.3 Å². The molecule has 1 N–H and O–H groups in total. The molecule has 0 aliphatic carbocycles. The molecule has 0 aliphatic rings. The van der Waals surface area contributed by atoms with Crippen molar-refractivity contribution in [2.24, 2.45) is 0 Å². The topological polar surface area (TPSA) is 46.0 Å². The molecule has 0 aliphatic heterocycles. The largest absolute Gasteiger partial charge is 0.493 e. The highest BCUT2D eigenvalue weighted by Gasteiger charge is 2.02. The Labute approximate surface area is 82.1 Å². The molecule has 2 heterocycles. The third-order valence-electron chi connectivity index (χ3n) is 1.88. The van der Waals surface area contributed by atoms with Crippen molar-refractivity contribution in [1.82, 2.24) is 9.97 Å². The van der Waals surface area contributed by atoms with Crippen LogP contribution in [0, 0.1) is 6.92 Å². The molecule has 0 spiro atoms. The maximum atomic E-state index is 9.32. The summed E-state index contributed by atoms with van der Waals surface area (Å²) in [7, 11) is 0. The van der Waals surface area contributed by atoms with E-state index in [9.17, 15) is 5.11 Å². The van der Waals surface area contributed by atoms with Gasteiger partial charge in [-0.15, -0.1) is 0 Å². The lowest BCUT2D eigenvalue weighted by Crippen LogP contribution is -1.87. The molecule has 3 heteroatoms. The van der Waals surface area contributed by atoms with Gasteiger partial charge in [0, 0.05) is 12.3 Å². The molecular formula is C11H10N2O. The number of rotatable bonds is 1. The minimum atomic E-state index is 0.0330. The smallest absolute Gasteiger partial charge is 0.211 e. The summed E-state index contributed by atoms with van der Waals surface area (Å²) >= 11 is 0. The van der Waals surface area contributed by atoms with Gasteiger partial charge in [0.2, 0.25) is 5.88 Å². The van der Waals surface area contributed by atoms with E-state index in [1.807, 2.05) is 31.2 Å². The van der Waals surface area contributed by atoms with E-state index in [1.54, 1.807) is 12.3 Å². The Morgan fingerprint density at radius 3 is 2.64 bits per heavy atom. The van der Waals surface area contributed by atoms with E-state index in [-0.39, 0.29) is 5.88 Å². The number of pyridine rings is 2. The Kier molecular flexibility index (Phi) is 2.14. The van der Waals surface area contributed by atoms with E-state index in [2.05, 4.69) is 9.97 Å². The van der Waals surface area contributed by atoms with Crippen LogP contribution >= 0.6 is 0 Å². The van der Waals surface area contributed by atoms with Gasteiger partial charge in [-0.25, -0.2) is 4.98 Å². The molecule has 2 aromatic heterocycles. The number of aryl methyl sites for hydroxylation is 1. The van der Waals surface area contributed by atoms with Crippen LogP contribution in [-0.4, -0.2) is 15.1 Å². The Morgan fingerprint density at radius 1 is 1.14 bits per heavy atom. The first-order valence-electron chi connectivity index (χ1n) is 4.35.